The lowest BCUT2D eigenvalue weighted by atomic mass is 10.0. The molecule has 5 nitrogen and oxygen atoms in total. The van der Waals surface area contributed by atoms with Crippen LogP contribution in [0.25, 0.3) is 11.1 Å². The molecule has 0 aliphatic carbocycles. The van der Waals surface area contributed by atoms with Crippen molar-refractivity contribution < 1.29 is 17.6 Å². The maximum atomic E-state index is 13.4. The van der Waals surface area contributed by atoms with E-state index in [1.165, 1.54) is 12.1 Å². The Hall–Kier alpha value is -3.33. The van der Waals surface area contributed by atoms with Crippen molar-refractivity contribution in [2.24, 2.45) is 0 Å². The topological polar surface area (TPSA) is 66.5 Å². The molecule has 0 unspecified atom stereocenters. The molecule has 0 saturated heterocycles. The smallest absolute Gasteiger partial charge is 0.240 e. The van der Waals surface area contributed by atoms with E-state index in [0.717, 1.165) is 22.3 Å². The Labute approximate surface area is 215 Å². The fraction of sp³-hybridized carbons (Fsp3) is 0.179. The third kappa shape index (κ3) is 6.46. The van der Waals surface area contributed by atoms with Crippen LogP contribution in [0.4, 0.5) is 10.1 Å². The van der Waals surface area contributed by atoms with Gasteiger partial charge in [-0.2, -0.15) is 11.3 Å². The van der Waals surface area contributed by atoms with E-state index >= 15 is 0 Å². The van der Waals surface area contributed by atoms with E-state index < -0.39 is 10.0 Å². The maximum Gasteiger partial charge on any atom is 0.240 e. The second-order valence-electron chi connectivity index (χ2n) is 8.39. The molecule has 36 heavy (non-hydrogen) atoms. The van der Waals surface area contributed by atoms with E-state index in [-0.39, 0.29) is 23.0 Å². The summed E-state index contributed by atoms with van der Waals surface area (Å²) >= 11 is 1.54. The molecule has 1 N–H and O–H groups in total. The Morgan fingerprint density at radius 1 is 0.944 bits per heavy atom. The van der Waals surface area contributed by atoms with Crippen LogP contribution in [0.5, 0.6) is 0 Å². The van der Waals surface area contributed by atoms with E-state index in [9.17, 15) is 17.6 Å². The van der Waals surface area contributed by atoms with Gasteiger partial charge in [-0.1, -0.05) is 43.3 Å². The van der Waals surface area contributed by atoms with Gasteiger partial charge in [0.25, 0.3) is 0 Å². The number of hydrogen-bond donors (Lipinski definition) is 1. The molecule has 3 aromatic carbocycles. The molecule has 0 atom stereocenters. The minimum Gasteiger partial charge on any atom is -0.308 e. The molecule has 0 spiro atoms. The van der Waals surface area contributed by atoms with Gasteiger partial charge in [-0.05, 0) is 81.9 Å². The first-order valence-corrected chi connectivity index (χ1v) is 14.0. The second-order valence-corrected chi connectivity index (χ2v) is 10.9. The van der Waals surface area contributed by atoms with Crippen molar-refractivity contribution in [2.75, 3.05) is 11.4 Å². The highest BCUT2D eigenvalue weighted by molar-refractivity contribution is 7.89. The third-order valence-corrected chi connectivity index (χ3v) is 7.90. The molecule has 0 bridgehead atoms. The van der Waals surface area contributed by atoms with Crippen LogP contribution in [0.15, 0.2) is 94.5 Å². The summed E-state index contributed by atoms with van der Waals surface area (Å²) in [6.07, 6.45) is 0.968. The Kier molecular flexibility index (Phi) is 8.30. The van der Waals surface area contributed by atoms with Crippen molar-refractivity contribution in [3.05, 3.63) is 107 Å². The second kappa shape index (κ2) is 11.6. The lowest BCUT2D eigenvalue weighted by Crippen LogP contribution is -2.31. The van der Waals surface area contributed by atoms with Gasteiger partial charge < -0.3 is 4.90 Å². The number of nitrogens with zero attached hydrogens (tertiary/aromatic N) is 1. The number of amides is 1. The van der Waals surface area contributed by atoms with E-state index in [2.05, 4.69) is 4.72 Å². The summed E-state index contributed by atoms with van der Waals surface area (Å²) in [4.78, 5) is 15.3. The van der Waals surface area contributed by atoms with Crippen molar-refractivity contribution in [1.82, 2.24) is 4.72 Å². The zero-order chi connectivity index (χ0) is 25.5. The summed E-state index contributed by atoms with van der Waals surface area (Å²) in [6.45, 7) is 2.59. The number of benzene rings is 3. The lowest BCUT2D eigenvalue weighted by molar-refractivity contribution is -0.118. The first-order valence-electron chi connectivity index (χ1n) is 11.6. The number of anilines is 1. The zero-order valence-electron chi connectivity index (χ0n) is 19.9. The monoisotopic (exact) mass is 522 g/mol. The minimum absolute atomic E-state index is 0.0710. The zero-order valence-corrected chi connectivity index (χ0v) is 21.5. The van der Waals surface area contributed by atoms with Gasteiger partial charge in [0, 0.05) is 12.2 Å². The number of thiophene rings is 1. The largest absolute Gasteiger partial charge is 0.308 e. The van der Waals surface area contributed by atoms with Gasteiger partial charge >= 0.3 is 0 Å². The van der Waals surface area contributed by atoms with Crippen LogP contribution in [0.3, 0.4) is 0 Å². The van der Waals surface area contributed by atoms with Crippen LogP contribution in [0, 0.1) is 5.82 Å². The Morgan fingerprint density at radius 3 is 2.36 bits per heavy atom. The molecule has 1 heterocycles. The SMILES string of the molecule is CCCNS(=O)(=O)c1ccc(-c2cccc(N(Cc3ccc(F)cc3)C(=O)Cc3ccsc3)c2)cc1. The molecule has 0 fully saturated rings. The van der Waals surface area contributed by atoms with Crippen LogP contribution >= 0.6 is 11.3 Å². The highest BCUT2D eigenvalue weighted by Gasteiger charge is 2.18. The van der Waals surface area contributed by atoms with Gasteiger partial charge in [-0.15, -0.1) is 0 Å². The van der Waals surface area contributed by atoms with E-state index in [1.807, 2.05) is 48.0 Å². The van der Waals surface area contributed by atoms with Gasteiger partial charge in [0.2, 0.25) is 15.9 Å². The first-order chi connectivity index (χ1) is 17.4. The number of rotatable bonds is 10. The number of sulfonamides is 1. The summed E-state index contributed by atoms with van der Waals surface area (Å²) in [5, 5.41) is 3.89. The number of nitrogens with one attached hydrogen (secondary N) is 1. The molecule has 186 valence electrons. The average molecular weight is 523 g/mol. The molecule has 1 amide bonds. The quantitative estimate of drug-likeness (QED) is 0.277. The summed E-state index contributed by atoms with van der Waals surface area (Å²) < 4.78 is 40.8. The molecule has 0 saturated carbocycles. The van der Waals surface area contributed by atoms with Crippen molar-refractivity contribution in [1.29, 1.82) is 0 Å². The Balaban J connectivity index is 1.62. The van der Waals surface area contributed by atoms with Gasteiger partial charge in [-0.25, -0.2) is 17.5 Å². The van der Waals surface area contributed by atoms with E-state index in [4.69, 9.17) is 0 Å². The van der Waals surface area contributed by atoms with Crippen molar-refractivity contribution in [2.45, 2.75) is 31.2 Å². The average Bonchev–Trinajstić information content (AvgIpc) is 3.40. The van der Waals surface area contributed by atoms with Crippen LogP contribution < -0.4 is 9.62 Å². The number of carbonyl (C=O) groups excluding carboxylic acids is 1. The van der Waals surface area contributed by atoms with Gasteiger partial charge in [0.15, 0.2) is 0 Å². The first kappa shape index (κ1) is 25.8. The summed E-state index contributed by atoms with van der Waals surface area (Å²) in [5.41, 5.74) is 4.15. The predicted molar refractivity (Wildman–Crippen MR) is 143 cm³/mol. The normalized spacial score (nSPS) is 11.4. The number of carbonyl (C=O) groups is 1. The van der Waals surface area contributed by atoms with Gasteiger partial charge in [-0.3, -0.25) is 4.79 Å². The Morgan fingerprint density at radius 2 is 1.69 bits per heavy atom. The summed E-state index contributed by atoms with van der Waals surface area (Å²) in [5.74, 6) is -0.398. The van der Waals surface area contributed by atoms with E-state index in [1.54, 1.807) is 52.6 Å². The molecule has 0 radical (unpaired) electrons. The van der Waals surface area contributed by atoms with Crippen LogP contribution in [0.2, 0.25) is 0 Å². The molecule has 8 heteroatoms. The fourth-order valence-electron chi connectivity index (χ4n) is 3.76. The molecule has 1 aromatic heterocycles. The molecule has 4 rings (SSSR count). The minimum atomic E-state index is -3.55. The maximum absolute atomic E-state index is 13.4. The molecule has 0 aliphatic heterocycles. The molecule has 0 aliphatic rings. The van der Waals surface area contributed by atoms with Crippen LogP contribution in [-0.4, -0.2) is 20.9 Å². The van der Waals surface area contributed by atoms with Crippen molar-refractivity contribution in [3.8, 4) is 11.1 Å². The molecular weight excluding hydrogens is 495 g/mol. The molecular formula is C28H27FN2O3S2. The van der Waals surface area contributed by atoms with Crippen molar-refractivity contribution in [3.63, 3.8) is 0 Å². The van der Waals surface area contributed by atoms with Crippen molar-refractivity contribution >= 4 is 33.0 Å². The standard InChI is InChI=1S/C28H27FN2O3S2/c1-2-15-30-36(33,34)27-12-8-23(9-13-27)24-4-3-5-26(18-24)31(19-21-6-10-25(29)11-7-21)28(32)17-22-14-16-35-20-22/h3-14,16,18,20,30H,2,15,17,19H2,1H3. The lowest BCUT2D eigenvalue weighted by Gasteiger charge is -2.24. The number of halogens is 1. The summed E-state index contributed by atoms with van der Waals surface area (Å²) in [6, 6.07) is 22.3. The Bertz CT molecular complexity index is 1400. The van der Waals surface area contributed by atoms with Crippen LogP contribution in [0.1, 0.15) is 24.5 Å². The fourth-order valence-corrected chi connectivity index (χ4v) is 5.56. The van der Waals surface area contributed by atoms with Crippen LogP contribution in [-0.2, 0) is 27.8 Å². The van der Waals surface area contributed by atoms with Gasteiger partial charge in [0.05, 0.1) is 17.9 Å². The molecule has 4 aromatic rings. The number of hydrogen-bond acceptors (Lipinski definition) is 4. The third-order valence-electron chi connectivity index (χ3n) is 5.69. The highest BCUT2D eigenvalue weighted by atomic mass is 32.2. The van der Waals surface area contributed by atoms with Gasteiger partial charge in [0.1, 0.15) is 5.82 Å². The summed E-state index contributed by atoms with van der Waals surface area (Å²) in [7, 11) is -3.55. The highest BCUT2D eigenvalue weighted by Crippen LogP contribution is 2.28. The predicted octanol–water partition coefficient (Wildman–Crippen LogP) is 6.02. The van der Waals surface area contributed by atoms with E-state index in [0.29, 0.717) is 25.2 Å².